The third-order valence-corrected chi connectivity index (χ3v) is 8.77. The molecule has 0 N–H and O–H groups in total. The Balaban J connectivity index is 1.24. The number of rotatable bonds is 2. The Labute approximate surface area is 252 Å². The standard InChI is InChI=1S/C42H29N/c1-27-33-12-5-7-15-37(33)38-16-8-6-13-35(38)28(2)43-42-26-31(23-24-34(27)42)29-19-21-30(22-20-29)41-25-32-11-3-4-14-36(32)39-17-9-10-18-40(39)41/h3-26H,1H2,2H3. The first-order valence-corrected chi connectivity index (χ1v) is 14.7. The van der Waals surface area contributed by atoms with Gasteiger partial charge in [0.05, 0.1) is 5.69 Å². The van der Waals surface area contributed by atoms with E-state index in [0.29, 0.717) is 0 Å². The van der Waals surface area contributed by atoms with Gasteiger partial charge in [0.1, 0.15) is 0 Å². The molecule has 0 spiro atoms. The second-order valence-electron chi connectivity index (χ2n) is 11.3. The quantitative estimate of drug-likeness (QED) is 0.191. The van der Waals surface area contributed by atoms with Crippen molar-refractivity contribution in [2.75, 3.05) is 0 Å². The van der Waals surface area contributed by atoms with Gasteiger partial charge in [0.2, 0.25) is 0 Å². The van der Waals surface area contributed by atoms with E-state index in [1.165, 1.54) is 43.8 Å². The lowest BCUT2D eigenvalue weighted by Gasteiger charge is -2.15. The molecule has 1 aliphatic heterocycles. The van der Waals surface area contributed by atoms with Crippen molar-refractivity contribution in [1.29, 1.82) is 0 Å². The Morgan fingerprint density at radius 1 is 0.419 bits per heavy atom. The van der Waals surface area contributed by atoms with Crippen LogP contribution in [0.4, 0.5) is 5.69 Å². The number of fused-ring (bicyclic) bond motifs is 7. The molecule has 202 valence electrons. The molecule has 43 heavy (non-hydrogen) atoms. The average Bonchev–Trinajstić information content (AvgIpc) is 3.10. The van der Waals surface area contributed by atoms with Crippen LogP contribution in [-0.4, -0.2) is 5.71 Å². The van der Waals surface area contributed by atoms with E-state index in [9.17, 15) is 0 Å². The Morgan fingerprint density at radius 2 is 0.977 bits per heavy atom. The lowest BCUT2D eigenvalue weighted by atomic mass is 9.88. The maximum absolute atomic E-state index is 5.20. The van der Waals surface area contributed by atoms with Crippen molar-refractivity contribution in [3.63, 3.8) is 0 Å². The van der Waals surface area contributed by atoms with Gasteiger partial charge in [0.25, 0.3) is 0 Å². The van der Waals surface area contributed by atoms with E-state index in [1.54, 1.807) is 0 Å². The molecular weight excluding hydrogens is 518 g/mol. The van der Waals surface area contributed by atoms with E-state index in [0.717, 1.165) is 44.8 Å². The zero-order chi connectivity index (χ0) is 28.9. The highest BCUT2D eigenvalue weighted by Crippen LogP contribution is 2.41. The SMILES string of the molecule is C=C1c2ccc(-c3ccc(-c4cc5ccccc5c5ccccc45)cc3)cc2N=C(C)c2ccccc2-c2ccccc21. The summed E-state index contributed by atoms with van der Waals surface area (Å²) in [5.74, 6) is 0. The fourth-order valence-electron chi connectivity index (χ4n) is 6.59. The molecule has 0 unspecified atom stereocenters. The zero-order valence-corrected chi connectivity index (χ0v) is 24.0. The molecule has 0 aromatic heterocycles. The van der Waals surface area contributed by atoms with E-state index in [1.807, 2.05) is 0 Å². The molecule has 0 fully saturated rings. The van der Waals surface area contributed by atoms with Crippen molar-refractivity contribution in [3.8, 4) is 33.4 Å². The van der Waals surface area contributed by atoms with Crippen molar-refractivity contribution in [2.45, 2.75) is 6.92 Å². The van der Waals surface area contributed by atoms with Gasteiger partial charge in [-0.25, -0.2) is 0 Å². The largest absolute Gasteiger partial charge is 0.252 e. The summed E-state index contributed by atoms with van der Waals surface area (Å²) in [5, 5.41) is 5.11. The number of benzene rings is 7. The Kier molecular flexibility index (Phi) is 5.91. The molecule has 0 bridgehead atoms. The summed E-state index contributed by atoms with van der Waals surface area (Å²) in [6, 6.07) is 52.3. The van der Waals surface area contributed by atoms with Crippen molar-refractivity contribution in [3.05, 3.63) is 169 Å². The smallest absolute Gasteiger partial charge is 0.0717 e. The first-order valence-electron chi connectivity index (χ1n) is 14.7. The van der Waals surface area contributed by atoms with E-state index < -0.39 is 0 Å². The van der Waals surface area contributed by atoms with Crippen LogP contribution >= 0.6 is 0 Å². The molecule has 7 aromatic rings. The van der Waals surface area contributed by atoms with Gasteiger partial charge in [-0.3, -0.25) is 4.99 Å². The van der Waals surface area contributed by atoms with Gasteiger partial charge in [-0.2, -0.15) is 0 Å². The third kappa shape index (κ3) is 4.21. The first kappa shape index (κ1) is 25.2. The van der Waals surface area contributed by atoms with E-state index in [-0.39, 0.29) is 0 Å². The number of aliphatic imine (C=N–C) groups is 1. The average molecular weight is 548 g/mol. The van der Waals surface area contributed by atoms with Gasteiger partial charge >= 0.3 is 0 Å². The summed E-state index contributed by atoms with van der Waals surface area (Å²) < 4.78 is 0. The number of hydrogen-bond donors (Lipinski definition) is 0. The highest BCUT2D eigenvalue weighted by Gasteiger charge is 2.19. The molecule has 0 atom stereocenters. The summed E-state index contributed by atoms with van der Waals surface area (Å²) in [4.78, 5) is 5.20. The van der Waals surface area contributed by atoms with Gasteiger partial charge in [-0.15, -0.1) is 0 Å². The van der Waals surface area contributed by atoms with Crippen LogP contribution in [0.5, 0.6) is 0 Å². The van der Waals surface area contributed by atoms with Gasteiger partial charge in [-0.05, 0) is 85.1 Å². The van der Waals surface area contributed by atoms with Gasteiger partial charge in [-0.1, -0.05) is 140 Å². The fraction of sp³-hybridized carbons (Fsp3) is 0.0238. The van der Waals surface area contributed by atoms with Crippen LogP contribution in [0, 0.1) is 0 Å². The third-order valence-electron chi connectivity index (χ3n) is 8.77. The summed E-state index contributed by atoms with van der Waals surface area (Å²) in [6.07, 6.45) is 0. The molecule has 0 amide bonds. The van der Waals surface area contributed by atoms with Crippen LogP contribution in [0.2, 0.25) is 0 Å². The van der Waals surface area contributed by atoms with Crippen molar-refractivity contribution in [1.82, 2.24) is 0 Å². The molecule has 8 rings (SSSR count). The Hall–Kier alpha value is -5.53. The van der Waals surface area contributed by atoms with Gasteiger partial charge < -0.3 is 0 Å². The van der Waals surface area contributed by atoms with Crippen molar-refractivity contribution in [2.24, 2.45) is 4.99 Å². The van der Waals surface area contributed by atoms with Crippen LogP contribution in [0.15, 0.2) is 157 Å². The highest BCUT2D eigenvalue weighted by atomic mass is 14.8. The van der Waals surface area contributed by atoms with Gasteiger partial charge in [0, 0.05) is 16.8 Å². The highest BCUT2D eigenvalue weighted by molar-refractivity contribution is 6.14. The molecule has 1 nitrogen and oxygen atoms in total. The topological polar surface area (TPSA) is 12.4 Å². The second kappa shape index (κ2) is 10.1. The molecular formula is C42H29N. The Morgan fingerprint density at radius 3 is 1.74 bits per heavy atom. The predicted octanol–water partition coefficient (Wildman–Crippen LogP) is 11.5. The molecule has 1 heteroatoms. The maximum Gasteiger partial charge on any atom is 0.0717 e. The number of hydrogen-bond acceptors (Lipinski definition) is 1. The van der Waals surface area contributed by atoms with Gasteiger partial charge in [0.15, 0.2) is 0 Å². The lowest BCUT2D eigenvalue weighted by molar-refractivity contribution is 1.45. The molecule has 0 saturated heterocycles. The maximum atomic E-state index is 5.20. The summed E-state index contributed by atoms with van der Waals surface area (Å²) in [5.41, 5.74) is 13.4. The molecule has 1 aliphatic rings. The van der Waals surface area contributed by atoms with Crippen LogP contribution in [0.3, 0.4) is 0 Å². The zero-order valence-electron chi connectivity index (χ0n) is 24.0. The minimum absolute atomic E-state index is 0.941. The fourth-order valence-corrected chi connectivity index (χ4v) is 6.59. The molecule has 0 radical (unpaired) electrons. The van der Waals surface area contributed by atoms with E-state index in [4.69, 9.17) is 4.99 Å². The Bertz CT molecular complexity index is 2250. The summed E-state index contributed by atoms with van der Waals surface area (Å²) >= 11 is 0. The predicted molar refractivity (Wildman–Crippen MR) is 184 cm³/mol. The minimum atomic E-state index is 0.941. The van der Waals surface area contributed by atoms with E-state index in [2.05, 4.69) is 159 Å². The van der Waals surface area contributed by atoms with Crippen LogP contribution in [0.1, 0.15) is 23.6 Å². The normalized spacial score (nSPS) is 12.5. The molecule has 0 aliphatic carbocycles. The summed E-state index contributed by atoms with van der Waals surface area (Å²) in [6.45, 7) is 6.67. The summed E-state index contributed by atoms with van der Waals surface area (Å²) in [7, 11) is 0. The molecule has 1 heterocycles. The molecule has 0 saturated carbocycles. The second-order valence-corrected chi connectivity index (χ2v) is 11.3. The monoisotopic (exact) mass is 547 g/mol. The van der Waals surface area contributed by atoms with Crippen molar-refractivity contribution < 1.29 is 0 Å². The van der Waals surface area contributed by atoms with Crippen LogP contribution < -0.4 is 0 Å². The van der Waals surface area contributed by atoms with E-state index >= 15 is 0 Å². The first-order chi connectivity index (χ1) is 21.2. The number of nitrogens with zero attached hydrogens (tertiary/aromatic N) is 1. The minimum Gasteiger partial charge on any atom is -0.252 e. The van der Waals surface area contributed by atoms with Crippen LogP contribution in [0.25, 0.3) is 60.5 Å². The molecule has 7 aromatic carbocycles. The van der Waals surface area contributed by atoms with Crippen LogP contribution in [-0.2, 0) is 0 Å². The van der Waals surface area contributed by atoms with Crippen molar-refractivity contribution >= 4 is 38.5 Å². The lowest BCUT2D eigenvalue weighted by Crippen LogP contribution is -1.98.